The standard InChI is InChI=1S/C10H14N4O6/c1-17-7-5-4-6(8(18-2)9(7)19-3)12-10(11)13-20-14(15)16/h4-5H,1-3H3,(H3,11,12,13). The van der Waals surface area contributed by atoms with Crippen molar-refractivity contribution in [2.24, 2.45) is 10.9 Å². The fourth-order valence-corrected chi connectivity index (χ4v) is 1.44. The molecule has 0 atom stereocenters. The Kier molecular flexibility index (Phi) is 5.21. The molecule has 0 radical (unpaired) electrons. The van der Waals surface area contributed by atoms with Gasteiger partial charge in [-0.25, -0.2) is 10.1 Å². The molecule has 0 saturated carbocycles. The molecule has 0 spiro atoms. The fraction of sp³-hybridized carbons (Fsp3) is 0.300. The van der Waals surface area contributed by atoms with Crippen molar-refractivity contribution in [3.8, 4) is 17.2 Å². The molecule has 0 heterocycles. The van der Waals surface area contributed by atoms with Gasteiger partial charge in [-0.2, -0.15) is 4.94 Å². The number of rotatable bonds is 6. The normalized spacial score (nSPS) is 10.7. The molecule has 0 aliphatic heterocycles. The first-order chi connectivity index (χ1) is 9.53. The molecule has 0 unspecified atom stereocenters. The first kappa shape index (κ1) is 15.1. The lowest BCUT2D eigenvalue weighted by Gasteiger charge is -2.15. The van der Waals surface area contributed by atoms with Crippen LogP contribution >= 0.6 is 0 Å². The van der Waals surface area contributed by atoms with Crippen LogP contribution in [0.2, 0.25) is 0 Å². The molecule has 1 aromatic rings. The summed E-state index contributed by atoms with van der Waals surface area (Å²) in [5.41, 5.74) is 5.79. The number of nitrogens with one attached hydrogen (secondary N) is 1. The van der Waals surface area contributed by atoms with E-state index >= 15 is 0 Å². The predicted octanol–water partition coefficient (Wildman–Crippen LogP) is 0.562. The zero-order valence-electron chi connectivity index (χ0n) is 11.1. The Labute approximate surface area is 114 Å². The zero-order chi connectivity index (χ0) is 15.1. The third-order valence-electron chi connectivity index (χ3n) is 2.17. The van der Waals surface area contributed by atoms with Crippen LogP contribution < -0.4 is 25.3 Å². The molecule has 0 aromatic heterocycles. The zero-order valence-corrected chi connectivity index (χ0v) is 11.1. The van der Waals surface area contributed by atoms with Crippen LogP contribution in [0.3, 0.4) is 0 Å². The Morgan fingerprint density at radius 3 is 2.40 bits per heavy atom. The highest BCUT2D eigenvalue weighted by atomic mass is 17.0. The summed E-state index contributed by atoms with van der Waals surface area (Å²) in [6.07, 6.45) is 0. The molecule has 110 valence electrons. The van der Waals surface area contributed by atoms with E-state index in [2.05, 4.69) is 15.4 Å². The average Bonchev–Trinajstić information content (AvgIpc) is 2.44. The lowest BCUT2D eigenvalue weighted by molar-refractivity contribution is -0.760. The Balaban J connectivity index is 3.06. The molecular formula is C10H14N4O6. The second kappa shape index (κ2) is 6.87. The molecule has 3 N–H and O–H groups in total. The van der Waals surface area contributed by atoms with Gasteiger partial charge in [-0.1, -0.05) is 0 Å². The van der Waals surface area contributed by atoms with Crippen molar-refractivity contribution in [1.82, 2.24) is 0 Å². The van der Waals surface area contributed by atoms with Crippen molar-refractivity contribution in [2.75, 3.05) is 26.6 Å². The predicted molar refractivity (Wildman–Crippen MR) is 69.4 cm³/mol. The van der Waals surface area contributed by atoms with Crippen molar-refractivity contribution in [3.63, 3.8) is 0 Å². The highest BCUT2D eigenvalue weighted by Crippen LogP contribution is 2.42. The molecule has 0 aliphatic carbocycles. The largest absolute Gasteiger partial charge is 0.493 e. The lowest BCUT2D eigenvalue weighted by atomic mass is 10.2. The molecular weight excluding hydrogens is 272 g/mol. The van der Waals surface area contributed by atoms with E-state index in [1.807, 2.05) is 0 Å². The van der Waals surface area contributed by atoms with Gasteiger partial charge >= 0.3 is 5.96 Å². The molecule has 0 saturated heterocycles. The molecule has 20 heavy (non-hydrogen) atoms. The monoisotopic (exact) mass is 286 g/mol. The summed E-state index contributed by atoms with van der Waals surface area (Å²) in [5.74, 6) is 0.758. The number of methoxy groups -OCH3 is 3. The van der Waals surface area contributed by atoms with E-state index in [1.165, 1.54) is 21.3 Å². The highest BCUT2D eigenvalue weighted by Gasteiger charge is 2.17. The van der Waals surface area contributed by atoms with Crippen LogP contribution in [0.4, 0.5) is 5.69 Å². The first-order valence-electron chi connectivity index (χ1n) is 5.24. The maximum atomic E-state index is 9.99. The molecule has 1 aromatic carbocycles. The van der Waals surface area contributed by atoms with Crippen LogP contribution in [-0.4, -0.2) is 32.4 Å². The van der Waals surface area contributed by atoms with Gasteiger partial charge in [0.2, 0.25) is 5.75 Å². The molecule has 1 rings (SSSR count). The Morgan fingerprint density at radius 2 is 1.90 bits per heavy atom. The molecule has 0 aliphatic rings. The summed E-state index contributed by atoms with van der Waals surface area (Å²) in [6, 6.07) is 3.18. The summed E-state index contributed by atoms with van der Waals surface area (Å²) in [5, 5.41) is 14.5. The summed E-state index contributed by atoms with van der Waals surface area (Å²) in [7, 11) is 4.34. The molecule has 10 nitrogen and oxygen atoms in total. The highest BCUT2D eigenvalue weighted by molar-refractivity contribution is 5.94. The van der Waals surface area contributed by atoms with Gasteiger partial charge in [-0.3, -0.25) is 5.32 Å². The third-order valence-corrected chi connectivity index (χ3v) is 2.17. The quantitative estimate of drug-likeness (QED) is 0.336. The molecule has 10 heteroatoms. The van der Waals surface area contributed by atoms with Crippen molar-refractivity contribution in [2.45, 2.75) is 0 Å². The van der Waals surface area contributed by atoms with Crippen molar-refractivity contribution in [3.05, 3.63) is 22.2 Å². The summed E-state index contributed by atoms with van der Waals surface area (Å²) < 4.78 is 15.5. The summed E-state index contributed by atoms with van der Waals surface area (Å²) in [4.78, 5) is 13.8. The smallest absolute Gasteiger partial charge is 0.345 e. The van der Waals surface area contributed by atoms with Crippen molar-refractivity contribution in [1.29, 1.82) is 0 Å². The number of hydrogen-bond donors (Lipinski definition) is 2. The van der Waals surface area contributed by atoms with E-state index in [1.54, 1.807) is 12.1 Å². The topological polar surface area (TPSA) is 130 Å². The van der Waals surface area contributed by atoms with Crippen molar-refractivity contribution < 1.29 is 24.2 Å². The molecule has 0 fully saturated rings. The van der Waals surface area contributed by atoms with Gasteiger partial charge in [0.1, 0.15) is 5.16 Å². The van der Waals surface area contributed by atoms with Crippen LogP contribution in [-0.2, 0) is 4.94 Å². The number of oxime groups is 1. The van der Waals surface area contributed by atoms with Gasteiger partial charge < -0.3 is 19.9 Å². The minimum Gasteiger partial charge on any atom is -0.493 e. The van der Waals surface area contributed by atoms with Gasteiger partial charge in [0.25, 0.3) is 0 Å². The van der Waals surface area contributed by atoms with Crippen LogP contribution in [0.15, 0.2) is 17.3 Å². The van der Waals surface area contributed by atoms with E-state index < -0.39 is 5.09 Å². The minimum absolute atomic E-state index is 0.297. The van der Waals surface area contributed by atoms with Gasteiger partial charge in [0, 0.05) is 0 Å². The van der Waals surface area contributed by atoms with E-state index in [0.29, 0.717) is 22.9 Å². The fourth-order valence-electron chi connectivity index (χ4n) is 1.44. The van der Waals surface area contributed by atoms with E-state index in [0.717, 1.165) is 0 Å². The van der Waals surface area contributed by atoms with E-state index in [9.17, 15) is 10.1 Å². The third kappa shape index (κ3) is 3.54. The first-order valence-corrected chi connectivity index (χ1v) is 5.24. The second-order valence-corrected chi connectivity index (χ2v) is 3.29. The van der Waals surface area contributed by atoms with Crippen LogP contribution in [0, 0.1) is 10.1 Å². The van der Waals surface area contributed by atoms with Gasteiger partial charge in [0.05, 0.1) is 27.0 Å². The van der Waals surface area contributed by atoms with Crippen molar-refractivity contribution >= 4 is 11.6 Å². The summed E-state index contributed by atoms with van der Waals surface area (Å²) >= 11 is 0. The average molecular weight is 286 g/mol. The second-order valence-electron chi connectivity index (χ2n) is 3.29. The van der Waals surface area contributed by atoms with E-state index in [-0.39, 0.29) is 5.96 Å². The Bertz CT molecular complexity index is 519. The summed E-state index contributed by atoms with van der Waals surface area (Å²) in [6.45, 7) is 0. The van der Waals surface area contributed by atoms with Gasteiger partial charge in [0.15, 0.2) is 16.6 Å². The maximum Gasteiger partial charge on any atom is 0.345 e. The Morgan fingerprint density at radius 1 is 1.25 bits per heavy atom. The van der Waals surface area contributed by atoms with Crippen LogP contribution in [0.25, 0.3) is 0 Å². The molecule has 0 amide bonds. The number of benzene rings is 1. The maximum absolute atomic E-state index is 9.99. The number of nitrogens with two attached hydrogens (primary N) is 1. The Hall–Kier alpha value is -2.91. The van der Waals surface area contributed by atoms with Gasteiger partial charge in [-0.15, -0.1) is 0 Å². The molecule has 0 bridgehead atoms. The van der Waals surface area contributed by atoms with Crippen LogP contribution in [0.5, 0.6) is 17.2 Å². The number of anilines is 1. The van der Waals surface area contributed by atoms with E-state index in [4.69, 9.17) is 19.9 Å². The number of guanidine groups is 1. The number of hydrogen-bond acceptors (Lipinski definition) is 7. The number of nitrogens with zero attached hydrogens (tertiary/aromatic N) is 2. The van der Waals surface area contributed by atoms with Gasteiger partial charge in [-0.05, 0) is 12.1 Å². The minimum atomic E-state index is -1.10. The number of ether oxygens (including phenoxy) is 3. The van der Waals surface area contributed by atoms with Crippen LogP contribution in [0.1, 0.15) is 0 Å². The lowest BCUT2D eigenvalue weighted by Crippen LogP contribution is -2.23. The SMILES string of the molecule is COc1ccc(N/C(N)=N/O[N+](=O)[O-])c(OC)c1OC.